The quantitative estimate of drug-likeness (QED) is 0.930. The van der Waals surface area contributed by atoms with E-state index < -0.39 is 0 Å². The lowest BCUT2D eigenvalue weighted by Crippen LogP contribution is -2.35. The molecule has 2 rings (SSSR count). The van der Waals surface area contributed by atoms with Crippen LogP contribution in [0.5, 0.6) is 0 Å². The molecule has 0 bridgehead atoms. The number of nitrogens with zero attached hydrogens (tertiary/aromatic N) is 2. The Morgan fingerprint density at radius 1 is 1.10 bits per heavy atom. The minimum absolute atomic E-state index is 0.0576. The Morgan fingerprint density at radius 3 is 2.45 bits per heavy atom. The van der Waals surface area contributed by atoms with Crippen molar-refractivity contribution in [2.24, 2.45) is 0 Å². The van der Waals surface area contributed by atoms with E-state index in [-0.39, 0.29) is 11.4 Å². The van der Waals surface area contributed by atoms with Crippen molar-refractivity contribution in [3.63, 3.8) is 0 Å². The fourth-order valence-corrected chi connectivity index (χ4v) is 1.77. The van der Waals surface area contributed by atoms with Crippen LogP contribution in [0.2, 0.25) is 0 Å². The van der Waals surface area contributed by atoms with Crippen LogP contribution in [0, 0.1) is 5.82 Å². The average Bonchev–Trinajstić information content (AvgIpc) is 2.39. The van der Waals surface area contributed by atoms with Gasteiger partial charge in [0.1, 0.15) is 11.6 Å². The van der Waals surface area contributed by atoms with Gasteiger partial charge in [-0.05, 0) is 44.5 Å². The Morgan fingerprint density at radius 2 is 1.80 bits per heavy atom. The third-order valence-corrected chi connectivity index (χ3v) is 2.84. The van der Waals surface area contributed by atoms with E-state index in [0.29, 0.717) is 13.0 Å². The fourth-order valence-electron chi connectivity index (χ4n) is 1.77. The molecule has 1 N–H and O–H groups in total. The first kappa shape index (κ1) is 14.6. The predicted molar refractivity (Wildman–Crippen MR) is 77.8 cm³/mol. The number of halogens is 1. The van der Waals surface area contributed by atoms with E-state index in [4.69, 9.17) is 0 Å². The van der Waals surface area contributed by atoms with Gasteiger partial charge >= 0.3 is 0 Å². The highest BCUT2D eigenvalue weighted by atomic mass is 19.1. The molecule has 1 aromatic heterocycles. The summed E-state index contributed by atoms with van der Waals surface area (Å²) in [6, 6.07) is 8.35. The fraction of sp³-hybridized carbons (Fsp3) is 0.375. The molecule has 1 heterocycles. The number of rotatable bonds is 4. The van der Waals surface area contributed by atoms with Crippen LogP contribution in [0.3, 0.4) is 0 Å². The number of hydrogen-bond acceptors (Lipinski definition) is 3. The van der Waals surface area contributed by atoms with Gasteiger partial charge in [0, 0.05) is 24.7 Å². The van der Waals surface area contributed by atoms with Crippen LogP contribution in [0.25, 0.3) is 0 Å². The second-order valence-corrected chi connectivity index (χ2v) is 5.87. The maximum absolute atomic E-state index is 12.9. The van der Waals surface area contributed by atoms with Gasteiger partial charge in [-0.15, -0.1) is 0 Å². The third-order valence-electron chi connectivity index (χ3n) is 2.84. The highest BCUT2D eigenvalue weighted by molar-refractivity contribution is 5.20. The van der Waals surface area contributed by atoms with Crippen LogP contribution in [0.4, 0.5) is 4.39 Å². The number of nitrogens with one attached hydrogen (secondary N) is 1. The van der Waals surface area contributed by atoms with Gasteiger partial charge in [0.05, 0.1) is 5.69 Å². The first-order chi connectivity index (χ1) is 9.42. The molecule has 0 aliphatic heterocycles. The summed E-state index contributed by atoms with van der Waals surface area (Å²) >= 11 is 0. The Hall–Kier alpha value is -1.81. The Labute approximate surface area is 119 Å². The van der Waals surface area contributed by atoms with Crippen molar-refractivity contribution in [1.29, 1.82) is 0 Å². The van der Waals surface area contributed by atoms with Crippen LogP contribution in [0.15, 0.2) is 36.5 Å². The van der Waals surface area contributed by atoms with E-state index in [0.717, 1.165) is 17.1 Å². The predicted octanol–water partition coefficient (Wildman–Crippen LogP) is 3.09. The van der Waals surface area contributed by atoms with Gasteiger partial charge in [0.2, 0.25) is 0 Å². The third kappa shape index (κ3) is 4.70. The first-order valence-corrected chi connectivity index (χ1v) is 6.73. The van der Waals surface area contributed by atoms with Crippen molar-refractivity contribution in [2.45, 2.75) is 39.3 Å². The van der Waals surface area contributed by atoms with Crippen LogP contribution >= 0.6 is 0 Å². The summed E-state index contributed by atoms with van der Waals surface area (Å²) in [5.41, 5.74) is 2.03. The molecule has 0 aliphatic carbocycles. The van der Waals surface area contributed by atoms with Crippen molar-refractivity contribution in [3.05, 3.63) is 59.4 Å². The summed E-state index contributed by atoms with van der Waals surface area (Å²) in [7, 11) is 0. The van der Waals surface area contributed by atoms with Gasteiger partial charge in [0.15, 0.2) is 0 Å². The molecule has 0 spiro atoms. The lowest BCUT2D eigenvalue weighted by Gasteiger charge is -2.20. The molecule has 0 atom stereocenters. The lowest BCUT2D eigenvalue weighted by atomic mass is 10.1. The number of aromatic nitrogens is 2. The molecule has 106 valence electrons. The second-order valence-electron chi connectivity index (χ2n) is 5.87. The molecule has 20 heavy (non-hydrogen) atoms. The summed E-state index contributed by atoms with van der Waals surface area (Å²) in [6.07, 6.45) is 2.38. The Balaban J connectivity index is 2.04. The molecule has 0 fully saturated rings. The van der Waals surface area contributed by atoms with Gasteiger partial charge < -0.3 is 5.32 Å². The maximum Gasteiger partial charge on any atom is 0.132 e. The van der Waals surface area contributed by atoms with Gasteiger partial charge in [-0.2, -0.15) is 0 Å². The molecule has 0 saturated carbocycles. The zero-order chi connectivity index (χ0) is 14.6. The summed E-state index contributed by atoms with van der Waals surface area (Å²) in [5.74, 6) is 0.530. The van der Waals surface area contributed by atoms with Crippen molar-refractivity contribution >= 4 is 0 Å². The monoisotopic (exact) mass is 273 g/mol. The van der Waals surface area contributed by atoms with Gasteiger partial charge in [0.25, 0.3) is 0 Å². The lowest BCUT2D eigenvalue weighted by molar-refractivity contribution is 0.420. The SMILES string of the molecule is CC(C)(C)NCc1ccnc(Cc2ccc(F)cc2)n1. The molecule has 3 nitrogen and oxygen atoms in total. The standard InChI is InChI=1S/C16H20FN3/c1-16(2,3)19-11-14-8-9-18-15(20-14)10-12-4-6-13(17)7-5-12/h4-9,19H,10-11H2,1-3H3. The number of benzene rings is 1. The molecule has 0 amide bonds. The smallest absolute Gasteiger partial charge is 0.132 e. The molecule has 0 unspecified atom stereocenters. The minimum atomic E-state index is -0.224. The zero-order valence-corrected chi connectivity index (χ0v) is 12.2. The molecular weight excluding hydrogens is 253 g/mol. The van der Waals surface area contributed by atoms with E-state index in [1.165, 1.54) is 12.1 Å². The van der Waals surface area contributed by atoms with Crippen LogP contribution in [-0.4, -0.2) is 15.5 Å². The molecular formula is C16H20FN3. The van der Waals surface area contributed by atoms with Crippen LogP contribution < -0.4 is 5.32 Å². The largest absolute Gasteiger partial charge is 0.306 e. The van der Waals surface area contributed by atoms with E-state index in [1.807, 2.05) is 6.07 Å². The zero-order valence-electron chi connectivity index (χ0n) is 12.2. The van der Waals surface area contributed by atoms with Crippen molar-refractivity contribution in [1.82, 2.24) is 15.3 Å². The summed E-state index contributed by atoms with van der Waals surface area (Å²) in [4.78, 5) is 8.80. The molecule has 1 aromatic carbocycles. The summed E-state index contributed by atoms with van der Waals surface area (Å²) < 4.78 is 12.9. The van der Waals surface area contributed by atoms with Crippen LogP contribution in [-0.2, 0) is 13.0 Å². The normalized spacial score (nSPS) is 11.6. The topological polar surface area (TPSA) is 37.8 Å². The van der Waals surface area contributed by atoms with Crippen molar-refractivity contribution in [3.8, 4) is 0 Å². The summed E-state index contributed by atoms with van der Waals surface area (Å²) in [6.45, 7) is 7.07. The van der Waals surface area contributed by atoms with E-state index >= 15 is 0 Å². The molecule has 2 aromatic rings. The highest BCUT2D eigenvalue weighted by Gasteiger charge is 2.09. The van der Waals surface area contributed by atoms with E-state index in [9.17, 15) is 4.39 Å². The van der Waals surface area contributed by atoms with Gasteiger partial charge in [-0.3, -0.25) is 0 Å². The van der Waals surface area contributed by atoms with E-state index in [2.05, 4.69) is 36.1 Å². The molecule has 0 saturated heterocycles. The highest BCUT2D eigenvalue weighted by Crippen LogP contribution is 2.08. The minimum Gasteiger partial charge on any atom is -0.306 e. The summed E-state index contributed by atoms with van der Waals surface area (Å²) in [5, 5.41) is 3.40. The van der Waals surface area contributed by atoms with Crippen LogP contribution in [0.1, 0.15) is 37.9 Å². The van der Waals surface area contributed by atoms with Gasteiger partial charge in [-0.25, -0.2) is 14.4 Å². The molecule has 0 radical (unpaired) electrons. The average molecular weight is 273 g/mol. The molecule has 0 aliphatic rings. The number of hydrogen-bond donors (Lipinski definition) is 1. The van der Waals surface area contributed by atoms with Crippen molar-refractivity contribution in [2.75, 3.05) is 0 Å². The first-order valence-electron chi connectivity index (χ1n) is 6.73. The van der Waals surface area contributed by atoms with Gasteiger partial charge in [-0.1, -0.05) is 12.1 Å². The van der Waals surface area contributed by atoms with E-state index in [1.54, 1.807) is 18.3 Å². The Bertz CT molecular complexity index is 559. The Kier molecular flexibility index (Phi) is 4.45. The molecule has 4 heteroatoms. The second kappa shape index (κ2) is 6.09. The maximum atomic E-state index is 12.9. The van der Waals surface area contributed by atoms with Crippen molar-refractivity contribution < 1.29 is 4.39 Å².